The molecular weight excluding hydrogens is 463 g/mol. The molecule has 1 aromatic heterocycles. The van der Waals surface area contributed by atoms with Crippen LogP contribution in [0.3, 0.4) is 0 Å². The van der Waals surface area contributed by atoms with Gasteiger partial charge in [-0.25, -0.2) is 4.98 Å². The minimum Gasteiger partial charge on any atom is -0.497 e. The second kappa shape index (κ2) is 11.9. The molecule has 2 aromatic rings. The number of benzene rings is 1. The Morgan fingerprint density at radius 3 is 2.65 bits per heavy atom. The number of ether oxygens (including phenoxy) is 2. The molecule has 2 N–H and O–H groups in total. The SMILES string of the molecule is CCc1nc(CCNC(=NC)NCc2ccc(OC)cc2OC)cs1.I. The highest BCUT2D eigenvalue weighted by Gasteiger charge is 2.06. The lowest BCUT2D eigenvalue weighted by Gasteiger charge is -2.14. The summed E-state index contributed by atoms with van der Waals surface area (Å²) >= 11 is 1.72. The lowest BCUT2D eigenvalue weighted by atomic mass is 10.2. The Labute approximate surface area is 176 Å². The second-order valence-electron chi connectivity index (χ2n) is 5.37. The minimum absolute atomic E-state index is 0. The third-order valence-corrected chi connectivity index (χ3v) is 4.78. The number of nitrogens with zero attached hydrogens (tertiary/aromatic N) is 2. The molecule has 1 aromatic carbocycles. The number of hydrogen-bond acceptors (Lipinski definition) is 5. The van der Waals surface area contributed by atoms with Crippen molar-refractivity contribution in [2.45, 2.75) is 26.3 Å². The van der Waals surface area contributed by atoms with Gasteiger partial charge in [-0.15, -0.1) is 35.3 Å². The molecule has 0 unspecified atom stereocenters. The van der Waals surface area contributed by atoms with Crippen molar-refractivity contribution in [1.82, 2.24) is 15.6 Å². The fourth-order valence-electron chi connectivity index (χ4n) is 2.33. The molecule has 0 bridgehead atoms. The van der Waals surface area contributed by atoms with Crippen LogP contribution in [0.15, 0.2) is 28.6 Å². The van der Waals surface area contributed by atoms with Gasteiger partial charge in [0.2, 0.25) is 0 Å². The molecular formula is C18H27IN4O2S. The Kier molecular flexibility index (Phi) is 10.3. The first-order chi connectivity index (χ1) is 12.2. The molecule has 0 saturated carbocycles. The summed E-state index contributed by atoms with van der Waals surface area (Å²) < 4.78 is 10.6. The number of nitrogens with one attached hydrogen (secondary N) is 2. The number of halogens is 1. The number of aryl methyl sites for hydroxylation is 1. The zero-order chi connectivity index (χ0) is 18.1. The van der Waals surface area contributed by atoms with Gasteiger partial charge in [-0.1, -0.05) is 6.92 Å². The fraction of sp³-hybridized carbons (Fsp3) is 0.444. The highest BCUT2D eigenvalue weighted by atomic mass is 127. The van der Waals surface area contributed by atoms with Crippen molar-refractivity contribution in [3.05, 3.63) is 39.8 Å². The van der Waals surface area contributed by atoms with Gasteiger partial charge in [0.25, 0.3) is 0 Å². The van der Waals surface area contributed by atoms with Gasteiger partial charge in [0.05, 0.1) is 24.9 Å². The van der Waals surface area contributed by atoms with Crippen molar-refractivity contribution < 1.29 is 9.47 Å². The summed E-state index contributed by atoms with van der Waals surface area (Å²) in [5, 5.41) is 9.92. The van der Waals surface area contributed by atoms with Gasteiger partial charge in [-0.05, 0) is 18.6 Å². The first kappa shape index (κ1) is 22.5. The molecule has 1 heterocycles. The topological polar surface area (TPSA) is 67.8 Å². The van der Waals surface area contributed by atoms with Gasteiger partial charge in [-0.3, -0.25) is 4.99 Å². The maximum Gasteiger partial charge on any atom is 0.191 e. The second-order valence-corrected chi connectivity index (χ2v) is 6.31. The normalized spacial score (nSPS) is 10.8. The van der Waals surface area contributed by atoms with Crippen molar-refractivity contribution in [2.75, 3.05) is 27.8 Å². The van der Waals surface area contributed by atoms with Crippen molar-refractivity contribution in [3.8, 4) is 11.5 Å². The Hall–Kier alpha value is -1.55. The predicted octanol–water partition coefficient (Wildman–Crippen LogP) is 3.25. The Morgan fingerprint density at radius 1 is 1.23 bits per heavy atom. The summed E-state index contributed by atoms with van der Waals surface area (Å²) in [5.41, 5.74) is 2.17. The van der Waals surface area contributed by atoms with Crippen LogP contribution in [-0.2, 0) is 19.4 Å². The van der Waals surface area contributed by atoms with E-state index in [0.29, 0.717) is 6.54 Å². The first-order valence-corrected chi connectivity index (χ1v) is 9.16. The third kappa shape index (κ3) is 6.64. The van der Waals surface area contributed by atoms with E-state index < -0.39 is 0 Å². The molecule has 0 saturated heterocycles. The van der Waals surface area contributed by atoms with Gasteiger partial charge in [0.15, 0.2) is 5.96 Å². The van der Waals surface area contributed by atoms with Crippen molar-refractivity contribution in [3.63, 3.8) is 0 Å². The average Bonchev–Trinajstić information content (AvgIpc) is 3.12. The maximum atomic E-state index is 5.42. The van der Waals surface area contributed by atoms with Crippen molar-refractivity contribution in [2.24, 2.45) is 4.99 Å². The van der Waals surface area contributed by atoms with E-state index >= 15 is 0 Å². The van der Waals surface area contributed by atoms with E-state index in [2.05, 4.69) is 32.9 Å². The van der Waals surface area contributed by atoms with Crippen LogP contribution in [0.5, 0.6) is 11.5 Å². The number of hydrogen-bond donors (Lipinski definition) is 2. The predicted molar refractivity (Wildman–Crippen MR) is 118 cm³/mol. The van der Waals surface area contributed by atoms with Gasteiger partial charge in [0, 0.05) is 43.6 Å². The van der Waals surface area contributed by atoms with E-state index in [-0.39, 0.29) is 24.0 Å². The number of aromatic nitrogens is 1. The summed E-state index contributed by atoms with van der Waals surface area (Å²) in [4.78, 5) is 8.83. The molecule has 0 spiro atoms. The van der Waals surface area contributed by atoms with Gasteiger partial charge < -0.3 is 20.1 Å². The molecule has 6 nitrogen and oxygen atoms in total. The maximum absolute atomic E-state index is 5.42. The van der Waals surface area contributed by atoms with Gasteiger partial charge in [-0.2, -0.15) is 0 Å². The zero-order valence-corrected chi connectivity index (χ0v) is 18.8. The quantitative estimate of drug-likeness (QED) is 0.338. The number of aliphatic imine (C=N–C) groups is 1. The number of thiazole rings is 1. The molecule has 144 valence electrons. The summed E-state index contributed by atoms with van der Waals surface area (Å²) in [7, 11) is 5.06. The molecule has 0 radical (unpaired) electrons. The standard InChI is InChI=1S/C18H26N4O2S.HI/c1-5-17-22-14(12-25-17)8-9-20-18(19-2)21-11-13-6-7-15(23-3)10-16(13)24-4;/h6-7,10,12H,5,8-9,11H2,1-4H3,(H2,19,20,21);1H. The smallest absolute Gasteiger partial charge is 0.191 e. The van der Waals surface area contributed by atoms with E-state index in [9.17, 15) is 0 Å². The van der Waals surface area contributed by atoms with Crippen LogP contribution in [0, 0.1) is 0 Å². The van der Waals surface area contributed by atoms with Crippen LogP contribution >= 0.6 is 35.3 Å². The van der Waals surface area contributed by atoms with E-state index in [4.69, 9.17) is 9.47 Å². The average molecular weight is 490 g/mol. The van der Waals surface area contributed by atoms with Crippen molar-refractivity contribution in [1.29, 1.82) is 0 Å². The molecule has 0 amide bonds. The first-order valence-electron chi connectivity index (χ1n) is 8.28. The van der Waals surface area contributed by atoms with Crippen LogP contribution in [0.25, 0.3) is 0 Å². The largest absolute Gasteiger partial charge is 0.497 e. The third-order valence-electron chi connectivity index (χ3n) is 3.74. The summed E-state index contributed by atoms with van der Waals surface area (Å²) in [6, 6.07) is 5.78. The van der Waals surface area contributed by atoms with Gasteiger partial charge >= 0.3 is 0 Å². The minimum atomic E-state index is 0. The Balaban J connectivity index is 0.00000338. The number of guanidine groups is 1. The van der Waals surface area contributed by atoms with E-state index in [1.807, 2.05) is 18.2 Å². The van der Waals surface area contributed by atoms with Crippen LogP contribution < -0.4 is 20.1 Å². The Morgan fingerprint density at radius 2 is 2.04 bits per heavy atom. The van der Waals surface area contributed by atoms with Crippen LogP contribution in [0.4, 0.5) is 0 Å². The summed E-state index contributed by atoms with van der Waals surface area (Å²) in [5.74, 6) is 2.32. The monoisotopic (exact) mass is 490 g/mol. The van der Waals surface area contributed by atoms with Gasteiger partial charge in [0.1, 0.15) is 11.5 Å². The molecule has 0 aliphatic rings. The molecule has 8 heteroatoms. The fourth-order valence-corrected chi connectivity index (χ4v) is 3.11. The van der Waals surface area contributed by atoms with Crippen molar-refractivity contribution >= 4 is 41.3 Å². The van der Waals surface area contributed by atoms with Crippen LogP contribution in [0.2, 0.25) is 0 Å². The lowest BCUT2D eigenvalue weighted by molar-refractivity contribution is 0.390. The Bertz CT molecular complexity index is 706. The lowest BCUT2D eigenvalue weighted by Crippen LogP contribution is -2.37. The molecule has 0 aliphatic heterocycles. The van der Waals surface area contributed by atoms with Crippen LogP contribution in [-0.4, -0.2) is 38.8 Å². The highest BCUT2D eigenvalue weighted by molar-refractivity contribution is 14.0. The summed E-state index contributed by atoms with van der Waals surface area (Å²) in [6.45, 7) is 3.52. The molecule has 2 rings (SSSR count). The van der Waals surface area contributed by atoms with E-state index in [0.717, 1.165) is 48.1 Å². The molecule has 26 heavy (non-hydrogen) atoms. The molecule has 0 fully saturated rings. The van der Waals surface area contributed by atoms with E-state index in [1.54, 1.807) is 32.6 Å². The number of methoxy groups -OCH3 is 2. The number of rotatable bonds is 8. The van der Waals surface area contributed by atoms with E-state index in [1.165, 1.54) is 5.01 Å². The summed E-state index contributed by atoms with van der Waals surface area (Å²) in [6.07, 6.45) is 1.87. The molecule has 0 aliphatic carbocycles. The highest BCUT2D eigenvalue weighted by Crippen LogP contribution is 2.24. The van der Waals surface area contributed by atoms with Crippen LogP contribution in [0.1, 0.15) is 23.2 Å². The molecule has 0 atom stereocenters. The zero-order valence-electron chi connectivity index (χ0n) is 15.7.